The summed E-state index contributed by atoms with van der Waals surface area (Å²) in [4.78, 5) is 22.2. The van der Waals surface area contributed by atoms with E-state index in [2.05, 4.69) is 0 Å². The number of benzene rings is 2. The van der Waals surface area contributed by atoms with E-state index in [9.17, 15) is 9.59 Å². The molecule has 0 bridgehead atoms. The molecule has 5 nitrogen and oxygen atoms in total. The second kappa shape index (κ2) is 5.88. The predicted octanol–water partition coefficient (Wildman–Crippen LogP) is 2.66. The van der Waals surface area contributed by atoms with Crippen molar-refractivity contribution in [3.05, 3.63) is 65.2 Å². The summed E-state index contributed by atoms with van der Waals surface area (Å²) in [6.07, 6.45) is 0. The number of aromatic carboxylic acids is 2. The Hall–Kier alpha value is -2.82. The molecule has 2 aromatic rings. The standard InChI is InChI=1S/C15H12O5/c16-14(17)11-7-4-8-12(13(11)15(18)19)20-9-10-5-2-1-3-6-10/h1-8H,9H2,(H,16,17)(H,18,19). The van der Waals surface area contributed by atoms with Gasteiger partial charge >= 0.3 is 11.9 Å². The highest BCUT2D eigenvalue weighted by Crippen LogP contribution is 2.23. The van der Waals surface area contributed by atoms with Crippen molar-refractivity contribution in [2.45, 2.75) is 6.61 Å². The summed E-state index contributed by atoms with van der Waals surface area (Å²) in [6, 6.07) is 13.3. The lowest BCUT2D eigenvalue weighted by atomic mass is 10.1. The van der Waals surface area contributed by atoms with Crippen molar-refractivity contribution >= 4 is 11.9 Å². The Labute approximate surface area is 115 Å². The van der Waals surface area contributed by atoms with Crippen molar-refractivity contribution in [2.24, 2.45) is 0 Å². The van der Waals surface area contributed by atoms with Crippen LogP contribution in [-0.2, 0) is 6.61 Å². The van der Waals surface area contributed by atoms with Crippen LogP contribution in [0, 0.1) is 0 Å². The Morgan fingerprint density at radius 2 is 1.60 bits per heavy atom. The van der Waals surface area contributed by atoms with Crippen LogP contribution >= 0.6 is 0 Å². The van der Waals surface area contributed by atoms with Gasteiger partial charge in [-0.3, -0.25) is 0 Å². The van der Waals surface area contributed by atoms with Gasteiger partial charge in [0.05, 0.1) is 5.56 Å². The Morgan fingerprint density at radius 1 is 0.900 bits per heavy atom. The van der Waals surface area contributed by atoms with Gasteiger partial charge in [0.2, 0.25) is 0 Å². The molecule has 0 unspecified atom stereocenters. The minimum Gasteiger partial charge on any atom is -0.488 e. The van der Waals surface area contributed by atoms with E-state index in [-0.39, 0.29) is 23.5 Å². The highest BCUT2D eigenvalue weighted by atomic mass is 16.5. The molecule has 0 aliphatic rings. The molecular formula is C15H12O5. The van der Waals surface area contributed by atoms with E-state index >= 15 is 0 Å². The zero-order valence-corrected chi connectivity index (χ0v) is 10.4. The summed E-state index contributed by atoms with van der Waals surface area (Å²) in [7, 11) is 0. The fourth-order valence-corrected chi connectivity index (χ4v) is 1.79. The van der Waals surface area contributed by atoms with Gasteiger partial charge in [-0.1, -0.05) is 36.4 Å². The summed E-state index contributed by atoms with van der Waals surface area (Å²) in [5, 5.41) is 18.2. The van der Waals surface area contributed by atoms with Crippen LogP contribution in [0.1, 0.15) is 26.3 Å². The molecule has 5 heteroatoms. The van der Waals surface area contributed by atoms with E-state index in [0.29, 0.717) is 0 Å². The molecule has 0 fully saturated rings. The lowest BCUT2D eigenvalue weighted by Crippen LogP contribution is -2.10. The van der Waals surface area contributed by atoms with Crippen LogP contribution in [0.3, 0.4) is 0 Å². The maximum atomic E-state index is 11.2. The number of rotatable bonds is 5. The molecule has 102 valence electrons. The number of hydrogen-bond acceptors (Lipinski definition) is 3. The molecule has 2 N–H and O–H groups in total. The van der Waals surface area contributed by atoms with E-state index in [0.717, 1.165) is 5.56 Å². The summed E-state index contributed by atoms with van der Waals surface area (Å²) < 4.78 is 5.43. The van der Waals surface area contributed by atoms with Gasteiger partial charge < -0.3 is 14.9 Å². The molecule has 0 radical (unpaired) electrons. The first-order valence-corrected chi connectivity index (χ1v) is 5.86. The summed E-state index contributed by atoms with van der Waals surface area (Å²) in [5.41, 5.74) is 0.239. The van der Waals surface area contributed by atoms with Crippen LogP contribution in [0.4, 0.5) is 0 Å². The van der Waals surface area contributed by atoms with Gasteiger partial charge in [0.15, 0.2) is 0 Å². The molecule has 0 aliphatic heterocycles. The minimum atomic E-state index is -1.33. The van der Waals surface area contributed by atoms with Gasteiger partial charge in [-0.15, -0.1) is 0 Å². The molecule has 0 spiro atoms. The zero-order valence-electron chi connectivity index (χ0n) is 10.4. The van der Waals surface area contributed by atoms with Crippen molar-refractivity contribution in [1.29, 1.82) is 0 Å². The van der Waals surface area contributed by atoms with Gasteiger partial charge in [0.25, 0.3) is 0 Å². The van der Waals surface area contributed by atoms with Gasteiger partial charge in [0.1, 0.15) is 17.9 Å². The molecule has 0 aliphatic carbocycles. The fourth-order valence-electron chi connectivity index (χ4n) is 1.79. The quantitative estimate of drug-likeness (QED) is 0.874. The maximum absolute atomic E-state index is 11.2. The first kappa shape index (κ1) is 13.6. The molecule has 0 heterocycles. The molecule has 0 saturated heterocycles. The van der Waals surface area contributed by atoms with Crippen molar-refractivity contribution in [1.82, 2.24) is 0 Å². The van der Waals surface area contributed by atoms with Crippen LogP contribution in [0.25, 0.3) is 0 Å². The number of carbonyl (C=O) groups is 2. The SMILES string of the molecule is O=C(O)c1cccc(OCc2ccccc2)c1C(=O)O. The predicted molar refractivity (Wildman–Crippen MR) is 71.1 cm³/mol. The van der Waals surface area contributed by atoms with Gasteiger partial charge in [-0.25, -0.2) is 9.59 Å². The minimum absolute atomic E-state index is 0.0428. The number of carboxylic acids is 2. The Balaban J connectivity index is 2.30. The molecular weight excluding hydrogens is 260 g/mol. The van der Waals surface area contributed by atoms with Crippen molar-refractivity contribution < 1.29 is 24.5 Å². The average Bonchev–Trinajstić information content (AvgIpc) is 2.45. The normalized spacial score (nSPS) is 10.0. The Morgan fingerprint density at radius 3 is 2.20 bits per heavy atom. The van der Waals surface area contributed by atoms with Crippen LogP contribution in [0.15, 0.2) is 48.5 Å². The first-order valence-electron chi connectivity index (χ1n) is 5.86. The smallest absolute Gasteiger partial charge is 0.340 e. The number of ether oxygens (including phenoxy) is 1. The van der Waals surface area contributed by atoms with Crippen molar-refractivity contribution in [2.75, 3.05) is 0 Å². The maximum Gasteiger partial charge on any atom is 0.340 e. The highest BCUT2D eigenvalue weighted by Gasteiger charge is 2.20. The third kappa shape index (κ3) is 2.95. The molecule has 2 rings (SSSR count). The Kier molecular flexibility index (Phi) is 4.00. The van der Waals surface area contributed by atoms with E-state index in [4.69, 9.17) is 14.9 Å². The topological polar surface area (TPSA) is 83.8 Å². The molecule has 0 aromatic heterocycles. The van der Waals surface area contributed by atoms with Gasteiger partial charge in [-0.2, -0.15) is 0 Å². The number of carboxylic acid groups (broad SMARTS) is 2. The van der Waals surface area contributed by atoms with Crippen LogP contribution in [-0.4, -0.2) is 22.2 Å². The van der Waals surface area contributed by atoms with E-state index < -0.39 is 11.9 Å². The van der Waals surface area contributed by atoms with Gasteiger partial charge in [0, 0.05) is 0 Å². The van der Waals surface area contributed by atoms with E-state index in [1.165, 1.54) is 18.2 Å². The first-order chi connectivity index (χ1) is 9.59. The zero-order chi connectivity index (χ0) is 14.5. The van der Waals surface area contributed by atoms with E-state index in [1.54, 1.807) is 0 Å². The van der Waals surface area contributed by atoms with Crippen LogP contribution in [0.2, 0.25) is 0 Å². The van der Waals surface area contributed by atoms with Crippen molar-refractivity contribution in [3.63, 3.8) is 0 Å². The molecule has 0 saturated carbocycles. The summed E-state index contributed by atoms with van der Waals surface area (Å²) in [6.45, 7) is 0.171. The third-order valence-electron chi connectivity index (χ3n) is 2.71. The van der Waals surface area contributed by atoms with Crippen LogP contribution in [0.5, 0.6) is 5.75 Å². The average molecular weight is 272 g/mol. The molecule has 2 aromatic carbocycles. The van der Waals surface area contributed by atoms with E-state index in [1.807, 2.05) is 30.3 Å². The largest absolute Gasteiger partial charge is 0.488 e. The highest BCUT2D eigenvalue weighted by molar-refractivity contribution is 6.03. The lowest BCUT2D eigenvalue weighted by Gasteiger charge is -2.11. The second-order valence-corrected chi connectivity index (χ2v) is 4.06. The Bertz CT molecular complexity index is 634. The van der Waals surface area contributed by atoms with Crippen LogP contribution < -0.4 is 4.74 Å². The number of hydrogen-bond donors (Lipinski definition) is 2. The van der Waals surface area contributed by atoms with Gasteiger partial charge in [-0.05, 0) is 17.7 Å². The molecule has 0 atom stereocenters. The summed E-state index contributed by atoms with van der Waals surface area (Å²) in [5.74, 6) is -2.58. The third-order valence-corrected chi connectivity index (χ3v) is 2.71. The second-order valence-electron chi connectivity index (χ2n) is 4.06. The summed E-state index contributed by atoms with van der Waals surface area (Å²) >= 11 is 0. The monoisotopic (exact) mass is 272 g/mol. The molecule has 20 heavy (non-hydrogen) atoms. The lowest BCUT2D eigenvalue weighted by molar-refractivity contribution is 0.0647. The molecule has 0 amide bonds. The fraction of sp³-hybridized carbons (Fsp3) is 0.0667. The van der Waals surface area contributed by atoms with Crippen molar-refractivity contribution in [3.8, 4) is 5.75 Å².